The fourth-order valence-corrected chi connectivity index (χ4v) is 1.49. The highest BCUT2D eigenvalue weighted by atomic mass is 31.0. The van der Waals surface area contributed by atoms with E-state index < -0.39 is 0 Å². The summed E-state index contributed by atoms with van der Waals surface area (Å²) in [6, 6.07) is 0. The molecule has 1 rings (SSSR count). The highest BCUT2D eigenvalue weighted by Gasteiger charge is 2.09. The molecule has 0 spiro atoms. The van der Waals surface area contributed by atoms with Crippen LogP contribution < -0.4 is 0 Å². The number of hydrogen-bond acceptors (Lipinski definition) is 2. The van der Waals surface area contributed by atoms with E-state index in [4.69, 9.17) is 4.74 Å². The first-order valence-electron chi connectivity index (χ1n) is 3.98. The van der Waals surface area contributed by atoms with Gasteiger partial charge in [-0.25, -0.2) is 0 Å². The van der Waals surface area contributed by atoms with Gasteiger partial charge in [-0.2, -0.15) is 0 Å². The molecule has 1 aliphatic carbocycles. The molecule has 1 aliphatic rings. The van der Waals surface area contributed by atoms with Crippen LogP contribution >= 0.6 is 9.24 Å². The lowest BCUT2D eigenvalue weighted by atomic mass is 10.2. The molecule has 3 heteroatoms. The molecule has 0 aromatic carbocycles. The first kappa shape index (κ1) is 9.47. The highest BCUT2D eigenvalue weighted by Crippen LogP contribution is 2.20. The summed E-state index contributed by atoms with van der Waals surface area (Å²) < 4.78 is 5.00. The zero-order valence-electron chi connectivity index (χ0n) is 7.12. The average molecular weight is 184 g/mol. The summed E-state index contributed by atoms with van der Waals surface area (Å²) in [4.78, 5) is 10.6. The lowest BCUT2D eigenvalue weighted by Crippen LogP contribution is -2.03. The van der Waals surface area contributed by atoms with Crippen LogP contribution in [0, 0.1) is 0 Å². The minimum absolute atomic E-state index is 0.242. The normalized spacial score (nSPS) is 22.8. The standard InChI is InChI=1S/C9H13O2P/c1-7(10)11-8-4-2-3-5-9(12)6-8/h2-4,9H,5-6,12H2,1H3. The van der Waals surface area contributed by atoms with Crippen LogP contribution in [0.3, 0.4) is 0 Å². The Bertz CT molecular complexity index is 231. The third-order valence-corrected chi connectivity index (χ3v) is 2.10. The van der Waals surface area contributed by atoms with Crippen molar-refractivity contribution in [1.82, 2.24) is 0 Å². The third kappa shape index (κ3) is 3.19. The Labute approximate surface area is 74.9 Å². The molecule has 2 atom stereocenters. The largest absolute Gasteiger partial charge is 0.431 e. The summed E-state index contributed by atoms with van der Waals surface area (Å²) in [5.74, 6) is 0.519. The fourth-order valence-electron chi connectivity index (χ4n) is 1.10. The summed E-state index contributed by atoms with van der Waals surface area (Å²) in [5, 5.41) is 0. The van der Waals surface area contributed by atoms with Gasteiger partial charge >= 0.3 is 5.97 Å². The van der Waals surface area contributed by atoms with Crippen molar-refractivity contribution < 1.29 is 9.53 Å². The van der Waals surface area contributed by atoms with Crippen LogP contribution in [0.4, 0.5) is 0 Å². The van der Waals surface area contributed by atoms with E-state index in [1.54, 1.807) is 0 Å². The Hall–Kier alpha value is -0.620. The van der Waals surface area contributed by atoms with Gasteiger partial charge in [-0.15, -0.1) is 9.24 Å². The molecule has 2 unspecified atom stereocenters. The van der Waals surface area contributed by atoms with Crippen molar-refractivity contribution in [2.24, 2.45) is 0 Å². The smallest absolute Gasteiger partial charge is 0.307 e. The number of carbonyl (C=O) groups excluding carboxylic acids is 1. The van der Waals surface area contributed by atoms with E-state index in [0.717, 1.165) is 18.6 Å². The molecule has 0 aliphatic heterocycles. The monoisotopic (exact) mass is 184 g/mol. The molecule has 12 heavy (non-hydrogen) atoms. The SMILES string of the molecule is CC(=O)OC1=CC=CCC(P)C1. The first-order valence-corrected chi connectivity index (χ1v) is 4.65. The number of ether oxygens (including phenoxy) is 1. The van der Waals surface area contributed by atoms with Gasteiger partial charge in [-0.3, -0.25) is 4.79 Å². The Morgan fingerprint density at radius 2 is 2.50 bits per heavy atom. The Morgan fingerprint density at radius 1 is 1.75 bits per heavy atom. The number of rotatable bonds is 1. The molecule has 0 saturated carbocycles. The third-order valence-electron chi connectivity index (χ3n) is 1.60. The molecule has 0 aromatic rings. The number of hydrogen-bond donors (Lipinski definition) is 0. The second-order valence-electron chi connectivity index (χ2n) is 2.85. The highest BCUT2D eigenvalue weighted by molar-refractivity contribution is 7.17. The Morgan fingerprint density at radius 3 is 3.17 bits per heavy atom. The van der Waals surface area contributed by atoms with Crippen LogP contribution in [0.25, 0.3) is 0 Å². The van der Waals surface area contributed by atoms with E-state index in [0.29, 0.717) is 5.66 Å². The van der Waals surface area contributed by atoms with Gasteiger partial charge in [0.15, 0.2) is 0 Å². The first-order chi connectivity index (χ1) is 5.68. The summed E-state index contributed by atoms with van der Waals surface area (Å²) >= 11 is 0. The molecular weight excluding hydrogens is 171 g/mol. The van der Waals surface area contributed by atoms with E-state index in [-0.39, 0.29) is 5.97 Å². The minimum atomic E-state index is -0.242. The number of esters is 1. The lowest BCUT2D eigenvalue weighted by Gasteiger charge is -2.09. The molecular formula is C9H13O2P. The van der Waals surface area contributed by atoms with Crippen LogP contribution in [0.2, 0.25) is 0 Å². The molecule has 0 N–H and O–H groups in total. The van der Waals surface area contributed by atoms with Gasteiger partial charge in [-0.1, -0.05) is 12.2 Å². The molecule has 0 fully saturated rings. The second kappa shape index (κ2) is 4.42. The molecule has 0 heterocycles. The second-order valence-corrected chi connectivity index (χ2v) is 3.80. The summed E-state index contributed by atoms with van der Waals surface area (Å²) in [6.07, 6.45) is 7.70. The van der Waals surface area contributed by atoms with Crippen molar-refractivity contribution in [3.63, 3.8) is 0 Å². The van der Waals surface area contributed by atoms with Crippen LogP contribution in [0.15, 0.2) is 24.0 Å². The fraction of sp³-hybridized carbons (Fsp3) is 0.444. The van der Waals surface area contributed by atoms with Gasteiger partial charge in [0, 0.05) is 13.3 Å². The van der Waals surface area contributed by atoms with Gasteiger partial charge < -0.3 is 4.74 Å². The van der Waals surface area contributed by atoms with Crippen LogP contribution in [-0.2, 0) is 9.53 Å². The van der Waals surface area contributed by atoms with Crippen molar-refractivity contribution in [2.45, 2.75) is 25.4 Å². The number of carbonyl (C=O) groups is 1. The van der Waals surface area contributed by atoms with E-state index in [9.17, 15) is 4.79 Å². The maximum atomic E-state index is 10.6. The summed E-state index contributed by atoms with van der Waals surface area (Å²) in [5.41, 5.74) is 0.481. The Balaban J connectivity index is 2.57. The lowest BCUT2D eigenvalue weighted by molar-refractivity contribution is -0.137. The molecule has 0 amide bonds. The quantitative estimate of drug-likeness (QED) is 0.460. The predicted octanol–water partition coefficient (Wildman–Crippen LogP) is 2.03. The minimum Gasteiger partial charge on any atom is -0.431 e. The van der Waals surface area contributed by atoms with Gasteiger partial charge in [0.05, 0.1) is 0 Å². The van der Waals surface area contributed by atoms with E-state index >= 15 is 0 Å². The van der Waals surface area contributed by atoms with Crippen LogP contribution in [0.5, 0.6) is 0 Å². The van der Waals surface area contributed by atoms with Gasteiger partial charge in [-0.05, 0) is 18.2 Å². The van der Waals surface area contributed by atoms with Gasteiger partial charge in [0.25, 0.3) is 0 Å². The van der Waals surface area contributed by atoms with E-state index in [2.05, 4.69) is 15.3 Å². The molecule has 0 bridgehead atoms. The molecule has 66 valence electrons. The summed E-state index contributed by atoms with van der Waals surface area (Å²) in [7, 11) is 2.74. The van der Waals surface area contributed by atoms with Crippen molar-refractivity contribution in [3.05, 3.63) is 24.0 Å². The van der Waals surface area contributed by atoms with Crippen LogP contribution in [0.1, 0.15) is 19.8 Å². The Kier molecular flexibility index (Phi) is 3.48. The predicted molar refractivity (Wildman–Crippen MR) is 51.7 cm³/mol. The average Bonchev–Trinajstić information content (AvgIpc) is 2.12. The van der Waals surface area contributed by atoms with Crippen molar-refractivity contribution in [2.75, 3.05) is 0 Å². The van der Waals surface area contributed by atoms with Crippen molar-refractivity contribution >= 4 is 15.2 Å². The zero-order valence-corrected chi connectivity index (χ0v) is 8.27. The van der Waals surface area contributed by atoms with Crippen LogP contribution in [-0.4, -0.2) is 11.6 Å². The zero-order chi connectivity index (χ0) is 8.97. The van der Waals surface area contributed by atoms with Crippen molar-refractivity contribution in [3.8, 4) is 0 Å². The topological polar surface area (TPSA) is 26.3 Å². The van der Waals surface area contributed by atoms with Gasteiger partial charge in [0.1, 0.15) is 5.76 Å². The maximum absolute atomic E-state index is 10.6. The maximum Gasteiger partial charge on any atom is 0.307 e. The molecule has 0 radical (unpaired) electrons. The molecule has 0 saturated heterocycles. The number of allylic oxidation sites excluding steroid dienone is 4. The summed E-state index contributed by atoms with van der Waals surface area (Å²) in [6.45, 7) is 1.42. The van der Waals surface area contributed by atoms with Gasteiger partial charge in [0.2, 0.25) is 0 Å². The van der Waals surface area contributed by atoms with E-state index in [1.165, 1.54) is 6.92 Å². The molecule has 0 aromatic heterocycles. The molecule has 2 nitrogen and oxygen atoms in total. The van der Waals surface area contributed by atoms with E-state index in [1.807, 2.05) is 12.2 Å². The van der Waals surface area contributed by atoms with Crippen molar-refractivity contribution in [1.29, 1.82) is 0 Å².